The number of aromatic nitrogens is 1. The average molecular weight is 451 g/mol. The van der Waals surface area contributed by atoms with Crippen LogP contribution in [-0.4, -0.2) is 10.5 Å². The smallest absolute Gasteiger partial charge is 0.295 e. The van der Waals surface area contributed by atoms with Crippen LogP contribution in [0.5, 0.6) is 11.5 Å². The highest BCUT2D eigenvalue weighted by molar-refractivity contribution is 5.98. The first-order valence-electron chi connectivity index (χ1n) is 11.0. The molecule has 4 rings (SSSR count). The van der Waals surface area contributed by atoms with Gasteiger partial charge in [-0.15, -0.1) is 6.42 Å². The summed E-state index contributed by atoms with van der Waals surface area (Å²) in [6.07, 6.45) is 7.06. The second kappa shape index (κ2) is 9.29. The lowest BCUT2D eigenvalue weighted by Gasteiger charge is -2.20. The predicted octanol–water partition coefficient (Wildman–Crippen LogP) is 5.17. The highest BCUT2D eigenvalue weighted by atomic mass is 16.5. The van der Waals surface area contributed by atoms with Crippen molar-refractivity contribution in [3.8, 4) is 35.0 Å². The van der Waals surface area contributed by atoms with Crippen molar-refractivity contribution in [2.45, 2.75) is 27.3 Å². The number of aryl methyl sites for hydroxylation is 4. The second-order valence-corrected chi connectivity index (χ2v) is 8.45. The number of ether oxygens (including phenoxy) is 1. The van der Waals surface area contributed by atoms with Gasteiger partial charge in [0.1, 0.15) is 11.5 Å². The van der Waals surface area contributed by atoms with Gasteiger partial charge in [-0.05, 0) is 60.9 Å². The fourth-order valence-corrected chi connectivity index (χ4v) is 4.39. The molecule has 0 saturated carbocycles. The first kappa shape index (κ1) is 22.9. The van der Waals surface area contributed by atoms with E-state index in [9.17, 15) is 9.59 Å². The van der Waals surface area contributed by atoms with Gasteiger partial charge in [0.15, 0.2) is 0 Å². The Morgan fingerprint density at radius 1 is 1.03 bits per heavy atom. The van der Waals surface area contributed by atoms with Crippen molar-refractivity contribution in [1.29, 1.82) is 0 Å². The Kier molecular flexibility index (Phi) is 6.25. The van der Waals surface area contributed by atoms with E-state index in [0.29, 0.717) is 11.1 Å². The number of nitrogens with one attached hydrogen (secondary N) is 1. The lowest BCUT2D eigenvalue weighted by molar-refractivity contribution is -0.115. The largest absolute Gasteiger partial charge is 0.456 e. The van der Waals surface area contributed by atoms with E-state index < -0.39 is 5.91 Å². The van der Waals surface area contributed by atoms with Crippen LogP contribution in [0.15, 0.2) is 65.6 Å². The normalized spacial score (nSPS) is 10.7. The van der Waals surface area contributed by atoms with Crippen LogP contribution >= 0.6 is 0 Å². The molecule has 0 radical (unpaired) electrons. The maximum atomic E-state index is 12.8. The van der Waals surface area contributed by atoms with Gasteiger partial charge in [0.2, 0.25) is 0 Å². The molecule has 3 aromatic carbocycles. The standard InChI is InChI=1S/C29H26N2O3/c1-6-26(32)30-16-21-10-9-13-25(34-28-19(3)14-18(2)15-20(28)4)27(21)24-17-31(5)29(33)23-12-8-7-11-22(23)24/h1,7-15,17H,16H2,2-5H3,(H,30,32). The van der Waals surface area contributed by atoms with E-state index in [1.807, 2.05) is 62.5 Å². The van der Waals surface area contributed by atoms with Crippen molar-refractivity contribution >= 4 is 16.7 Å². The summed E-state index contributed by atoms with van der Waals surface area (Å²) >= 11 is 0. The van der Waals surface area contributed by atoms with Gasteiger partial charge < -0.3 is 14.6 Å². The zero-order chi connectivity index (χ0) is 24.4. The minimum absolute atomic E-state index is 0.0786. The minimum Gasteiger partial charge on any atom is -0.456 e. The molecule has 0 saturated heterocycles. The molecule has 0 bridgehead atoms. The van der Waals surface area contributed by atoms with E-state index in [1.165, 1.54) is 0 Å². The Bertz CT molecular complexity index is 1500. The fraction of sp³-hybridized carbons (Fsp3) is 0.172. The number of terminal acetylenes is 1. The average Bonchev–Trinajstić information content (AvgIpc) is 2.82. The Balaban J connectivity index is 1.98. The summed E-state index contributed by atoms with van der Waals surface area (Å²) in [6.45, 7) is 6.32. The van der Waals surface area contributed by atoms with Crippen LogP contribution < -0.4 is 15.6 Å². The van der Waals surface area contributed by atoms with Crippen LogP contribution in [0, 0.1) is 33.1 Å². The third-order valence-corrected chi connectivity index (χ3v) is 5.86. The number of amides is 1. The van der Waals surface area contributed by atoms with E-state index in [1.54, 1.807) is 11.6 Å². The Labute approximate surface area is 199 Å². The summed E-state index contributed by atoms with van der Waals surface area (Å²) in [5, 5.41) is 4.17. The van der Waals surface area contributed by atoms with Crippen LogP contribution in [-0.2, 0) is 18.4 Å². The molecule has 170 valence electrons. The van der Waals surface area contributed by atoms with E-state index in [2.05, 4.69) is 30.3 Å². The summed E-state index contributed by atoms with van der Waals surface area (Å²) in [4.78, 5) is 24.6. The van der Waals surface area contributed by atoms with E-state index in [4.69, 9.17) is 11.2 Å². The summed E-state index contributed by atoms with van der Waals surface area (Å²) < 4.78 is 8.10. The summed E-state index contributed by atoms with van der Waals surface area (Å²) in [6, 6.07) is 17.4. The molecular formula is C29H26N2O3. The van der Waals surface area contributed by atoms with Crippen molar-refractivity contribution < 1.29 is 9.53 Å². The number of carbonyl (C=O) groups excluding carboxylic acids is 1. The van der Waals surface area contributed by atoms with Gasteiger partial charge in [-0.1, -0.05) is 48.0 Å². The molecule has 0 unspecified atom stereocenters. The number of hydrogen-bond donors (Lipinski definition) is 1. The van der Waals surface area contributed by atoms with Crippen LogP contribution in [0.1, 0.15) is 22.3 Å². The third-order valence-electron chi connectivity index (χ3n) is 5.86. The van der Waals surface area contributed by atoms with E-state index >= 15 is 0 Å². The first-order chi connectivity index (χ1) is 16.3. The molecular weight excluding hydrogens is 424 g/mol. The number of rotatable bonds is 5. The predicted molar refractivity (Wildman–Crippen MR) is 136 cm³/mol. The maximum Gasteiger partial charge on any atom is 0.295 e. The molecule has 34 heavy (non-hydrogen) atoms. The van der Waals surface area contributed by atoms with Crippen molar-refractivity contribution in [2.24, 2.45) is 7.05 Å². The van der Waals surface area contributed by atoms with Crippen LogP contribution in [0.4, 0.5) is 0 Å². The van der Waals surface area contributed by atoms with Gasteiger partial charge in [0.05, 0.1) is 0 Å². The Hall–Kier alpha value is -4.30. The van der Waals surface area contributed by atoms with E-state index in [0.717, 1.165) is 44.5 Å². The molecule has 0 fully saturated rings. The van der Waals surface area contributed by atoms with Crippen molar-refractivity contribution in [3.05, 3.63) is 93.4 Å². The summed E-state index contributed by atoms with van der Waals surface area (Å²) in [7, 11) is 1.73. The summed E-state index contributed by atoms with van der Waals surface area (Å²) in [5.74, 6) is 3.01. The number of fused-ring (bicyclic) bond motifs is 1. The van der Waals surface area contributed by atoms with Gasteiger partial charge >= 0.3 is 0 Å². The zero-order valence-corrected chi connectivity index (χ0v) is 19.7. The van der Waals surface area contributed by atoms with Crippen LogP contribution in [0.3, 0.4) is 0 Å². The second-order valence-electron chi connectivity index (χ2n) is 8.45. The number of hydrogen-bond acceptors (Lipinski definition) is 3. The molecule has 1 aromatic heterocycles. The lowest BCUT2D eigenvalue weighted by Crippen LogP contribution is -2.21. The van der Waals surface area contributed by atoms with E-state index in [-0.39, 0.29) is 12.1 Å². The monoisotopic (exact) mass is 450 g/mol. The van der Waals surface area contributed by atoms with Gasteiger partial charge in [0.25, 0.3) is 11.5 Å². The third kappa shape index (κ3) is 4.31. The molecule has 4 aromatic rings. The maximum absolute atomic E-state index is 12.8. The number of pyridine rings is 1. The lowest BCUT2D eigenvalue weighted by atomic mass is 9.95. The molecule has 0 aliphatic carbocycles. The molecule has 5 nitrogen and oxygen atoms in total. The first-order valence-corrected chi connectivity index (χ1v) is 11.0. The van der Waals surface area contributed by atoms with Crippen LogP contribution in [0.2, 0.25) is 0 Å². The minimum atomic E-state index is -0.493. The SMILES string of the molecule is C#CC(=O)NCc1cccc(Oc2c(C)cc(C)cc2C)c1-c1cn(C)c(=O)c2ccccc12. The van der Waals surface area contributed by atoms with Gasteiger partial charge in [-0.2, -0.15) is 0 Å². The molecule has 0 aliphatic rings. The summed E-state index contributed by atoms with van der Waals surface area (Å²) in [5.41, 5.74) is 5.60. The van der Waals surface area contributed by atoms with Gasteiger partial charge in [-0.3, -0.25) is 9.59 Å². The Morgan fingerprint density at radius 3 is 2.38 bits per heavy atom. The quantitative estimate of drug-likeness (QED) is 0.427. The molecule has 5 heteroatoms. The zero-order valence-electron chi connectivity index (χ0n) is 19.7. The fourth-order valence-electron chi connectivity index (χ4n) is 4.39. The van der Waals surface area contributed by atoms with Crippen molar-refractivity contribution in [1.82, 2.24) is 9.88 Å². The molecule has 0 spiro atoms. The topological polar surface area (TPSA) is 60.3 Å². The Morgan fingerprint density at radius 2 is 1.71 bits per heavy atom. The molecule has 1 N–H and O–H groups in total. The van der Waals surface area contributed by atoms with Crippen LogP contribution in [0.25, 0.3) is 21.9 Å². The van der Waals surface area contributed by atoms with Crippen molar-refractivity contribution in [2.75, 3.05) is 0 Å². The number of benzene rings is 3. The molecule has 1 heterocycles. The number of carbonyl (C=O) groups is 1. The highest BCUT2D eigenvalue weighted by Crippen LogP contribution is 2.40. The molecule has 1 amide bonds. The molecule has 0 atom stereocenters. The van der Waals surface area contributed by atoms with Gasteiger partial charge in [0, 0.05) is 36.3 Å². The van der Waals surface area contributed by atoms with Gasteiger partial charge in [-0.25, -0.2) is 0 Å². The highest BCUT2D eigenvalue weighted by Gasteiger charge is 2.19. The van der Waals surface area contributed by atoms with Crippen molar-refractivity contribution in [3.63, 3.8) is 0 Å². The number of nitrogens with zero attached hydrogens (tertiary/aromatic N) is 1. The molecule has 0 aliphatic heterocycles.